The first-order valence-electron chi connectivity index (χ1n) is 7.03. The van der Waals surface area contributed by atoms with Gasteiger partial charge in [0, 0.05) is 6.42 Å². The second kappa shape index (κ2) is 5.51. The van der Waals surface area contributed by atoms with Crippen LogP contribution in [-0.2, 0) is 19.5 Å². The van der Waals surface area contributed by atoms with Gasteiger partial charge in [-0.2, -0.15) is 0 Å². The summed E-state index contributed by atoms with van der Waals surface area (Å²) in [5, 5.41) is 0. The lowest BCUT2D eigenvalue weighted by molar-refractivity contribution is 0.454. The molecule has 0 aliphatic rings. The third kappa shape index (κ3) is 2.34. The van der Waals surface area contributed by atoms with Crippen LogP contribution >= 0.6 is 0 Å². The van der Waals surface area contributed by atoms with E-state index in [2.05, 4.69) is 23.6 Å². The van der Waals surface area contributed by atoms with Crippen molar-refractivity contribution < 1.29 is 4.42 Å². The average Bonchev–Trinajstić information content (AvgIpc) is 3.05. The van der Waals surface area contributed by atoms with Crippen LogP contribution in [0.5, 0.6) is 0 Å². The number of benzene rings is 1. The highest BCUT2D eigenvalue weighted by Crippen LogP contribution is 2.19. The van der Waals surface area contributed by atoms with Crippen molar-refractivity contribution in [2.75, 3.05) is 0 Å². The van der Waals surface area contributed by atoms with Crippen LogP contribution < -0.4 is 5.73 Å². The average molecular weight is 269 g/mol. The summed E-state index contributed by atoms with van der Waals surface area (Å²) >= 11 is 0. The Labute approximate surface area is 118 Å². The van der Waals surface area contributed by atoms with E-state index in [0.717, 1.165) is 41.2 Å². The molecule has 0 fully saturated rings. The molecule has 1 aromatic carbocycles. The van der Waals surface area contributed by atoms with Crippen LogP contribution in [0.2, 0.25) is 0 Å². The number of hydrogen-bond donors (Lipinski definition) is 1. The van der Waals surface area contributed by atoms with Gasteiger partial charge in [0.2, 0.25) is 0 Å². The van der Waals surface area contributed by atoms with E-state index in [4.69, 9.17) is 15.1 Å². The number of nitrogens with two attached hydrogens (primary N) is 1. The van der Waals surface area contributed by atoms with Crippen LogP contribution in [0.25, 0.3) is 11.0 Å². The van der Waals surface area contributed by atoms with Gasteiger partial charge in [-0.15, -0.1) is 0 Å². The Bertz CT molecular complexity index is 711. The van der Waals surface area contributed by atoms with Crippen LogP contribution in [0, 0.1) is 0 Å². The minimum absolute atomic E-state index is 0.437. The van der Waals surface area contributed by atoms with Gasteiger partial charge in [-0.3, -0.25) is 0 Å². The molecule has 0 bridgehead atoms. The van der Waals surface area contributed by atoms with Crippen molar-refractivity contribution in [3.8, 4) is 0 Å². The van der Waals surface area contributed by atoms with Gasteiger partial charge in [-0.1, -0.05) is 19.1 Å². The number of fused-ring (bicyclic) bond motifs is 1. The zero-order chi connectivity index (χ0) is 13.9. The van der Waals surface area contributed by atoms with Gasteiger partial charge in [0.05, 0.1) is 24.1 Å². The SMILES string of the molecule is CCCc1nc2ccccc2n1Cc1ccc(CN)o1. The number of hydrogen-bond acceptors (Lipinski definition) is 3. The predicted molar refractivity (Wildman–Crippen MR) is 79.4 cm³/mol. The fourth-order valence-corrected chi connectivity index (χ4v) is 2.49. The van der Waals surface area contributed by atoms with Gasteiger partial charge in [-0.25, -0.2) is 4.98 Å². The number of para-hydroxylation sites is 2. The number of imidazole rings is 1. The summed E-state index contributed by atoms with van der Waals surface area (Å²) in [4.78, 5) is 4.72. The molecule has 0 radical (unpaired) electrons. The molecule has 0 aliphatic heterocycles. The Balaban J connectivity index is 2.01. The third-order valence-corrected chi connectivity index (χ3v) is 3.44. The number of furan rings is 1. The molecular weight excluding hydrogens is 250 g/mol. The second-order valence-corrected chi connectivity index (χ2v) is 4.93. The Hall–Kier alpha value is -2.07. The summed E-state index contributed by atoms with van der Waals surface area (Å²) in [5.74, 6) is 2.85. The summed E-state index contributed by atoms with van der Waals surface area (Å²) in [6.45, 7) is 3.31. The molecule has 0 spiro atoms. The normalized spacial score (nSPS) is 11.3. The molecule has 20 heavy (non-hydrogen) atoms. The highest BCUT2D eigenvalue weighted by Gasteiger charge is 2.11. The summed E-state index contributed by atoms with van der Waals surface area (Å²) < 4.78 is 7.95. The number of nitrogens with zero attached hydrogens (tertiary/aromatic N) is 2. The molecule has 0 saturated carbocycles. The second-order valence-electron chi connectivity index (χ2n) is 4.93. The van der Waals surface area contributed by atoms with Crippen molar-refractivity contribution in [2.24, 2.45) is 5.73 Å². The van der Waals surface area contributed by atoms with Gasteiger partial charge >= 0.3 is 0 Å². The molecule has 104 valence electrons. The molecule has 4 heteroatoms. The fraction of sp³-hybridized carbons (Fsp3) is 0.312. The molecule has 2 heterocycles. The summed E-state index contributed by atoms with van der Waals surface area (Å²) in [6.07, 6.45) is 2.05. The van der Waals surface area contributed by atoms with Gasteiger partial charge in [0.25, 0.3) is 0 Å². The Kier molecular flexibility index (Phi) is 3.56. The van der Waals surface area contributed by atoms with Crippen molar-refractivity contribution in [1.29, 1.82) is 0 Å². The maximum Gasteiger partial charge on any atom is 0.124 e. The van der Waals surface area contributed by atoms with E-state index in [1.807, 2.05) is 24.3 Å². The van der Waals surface area contributed by atoms with E-state index in [1.165, 1.54) is 0 Å². The van der Waals surface area contributed by atoms with Crippen LogP contribution in [0.3, 0.4) is 0 Å². The van der Waals surface area contributed by atoms with E-state index in [0.29, 0.717) is 13.1 Å². The topological polar surface area (TPSA) is 57.0 Å². The maximum absolute atomic E-state index is 5.71. The van der Waals surface area contributed by atoms with Crippen molar-refractivity contribution >= 4 is 11.0 Å². The lowest BCUT2D eigenvalue weighted by atomic mass is 10.3. The number of aryl methyl sites for hydroxylation is 1. The lowest BCUT2D eigenvalue weighted by Crippen LogP contribution is -2.04. The van der Waals surface area contributed by atoms with Crippen molar-refractivity contribution in [3.05, 3.63) is 53.7 Å². The van der Waals surface area contributed by atoms with Crippen molar-refractivity contribution in [3.63, 3.8) is 0 Å². The van der Waals surface area contributed by atoms with E-state index in [-0.39, 0.29) is 0 Å². The Morgan fingerprint density at radius 2 is 1.95 bits per heavy atom. The lowest BCUT2D eigenvalue weighted by Gasteiger charge is -2.06. The third-order valence-electron chi connectivity index (χ3n) is 3.44. The molecular formula is C16H19N3O. The van der Waals surface area contributed by atoms with E-state index < -0.39 is 0 Å². The molecule has 3 rings (SSSR count). The van der Waals surface area contributed by atoms with E-state index in [1.54, 1.807) is 0 Å². The monoisotopic (exact) mass is 269 g/mol. The van der Waals surface area contributed by atoms with Crippen molar-refractivity contribution in [1.82, 2.24) is 9.55 Å². The standard InChI is InChI=1S/C16H19N3O/c1-2-5-16-18-14-6-3-4-7-15(14)19(16)11-13-9-8-12(10-17)20-13/h3-4,6-9H,2,5,10-11,17H2,1H3. The smallest absolute Gasteiger partial charge is 0.124 e. The zero-order valence-electron chi connectivity index (χ0n) is 11.7. The maximum atomic E-state index is 5.71. The van der Waals surface area contributed by atoms with Gasteiger partial charge in [-0.05, 0) is 30.7 Å². The molecule has 2 N–H and O–H groups in total. The molecule has 3 aromatic rings. The van der Waals surface area contributed by atoms with E-state index >= 15 is 0 Å². The molecule has 4 nitrogen and oxygen atoms in total. The van der Waals surface area contributed by atoms with Crippen LogP contribution in [0.15, 0.2) is 40.8 Å². The van der Waals surface area contributed by atoms with Crippen LogP contribution in [0.4, 0.5) is 0 Å². The van der Waals surface area contributed by atoms with Gasteiger partial charge in [0.1, 0.15) is 17.3 Å². The van der Waals surface area contributed by atoms with E-state index in [9.17, 15) is 0 Å². The first-order valence-corrected chi connectivity index (χ1v) is 7.03. The highest BCUT2D eigenvalue weighted by atomic mass is 16.3. The quantitative estimate of drug-likeness (QED) is 0.774. The van der Waals surface area contributed by atoms with Gasteiger partial charge < -0.3 is 14.7 Å². The first kappa shape index (κ1) is 12.9. The molecule has 0 amide bonds. The fourth-order valence-electron chi connectivity index (χ4n) is 2.49. The zero-order valence-corrected chi connectivity index (χ0v) is 11.7. The first-order chi connectivity index (χ1) is 9.81. The summed E-state index contributed by atoms with van der Waals surface area (Å²) in [6, 6.07) is 12.2. The van der Waals surface area contributed by atoms with Crippen LogP contribution in [-0.4, -0.2) is 9.55 Å². The summed E-state index contributed by atoms with van der Waals surface area (Å²) in [5.41, 5.74) is 7.79. The van der Waals surface area contributed by atoms with Crippen molar-refractivity contribution in [2.45, 2.75) is 32.9 Å². The number of rotatable bonds is 5. The number of aromatic nitrogens is 2. The largest absolute Gasteiger partial charge is 0.463 e. The molecule has 0 atom stereocenters. The molecule has 0 aliphatic carbocycles. The molecule has 0 unspecified atom stereocenters. The molecule has 2 aromatic heterocycles. The minimum Gasteiger partial charge on any atom is -0.463 e. The Morgan fingerprint density at radius 3 is 2.70 bits per heavy atom. The minimum atomic E-state index is 0.437. The molecule has 0 saturated heterocycles. The van der Waals surface area contributed by atoms with Crippen LogP contribution in [0.1, 0.15) is 30.7 Å². The van der Waals surface area contributed by atoms with Gasteiger partial charge in [0.15, 0.2) is 0 Å². The Morgan fingerprint density at radius 1 is 1.15 bits per heavy atom. The highest BCUT2D eigenvalue weighted by molar-refractivity contribution is 5.76. The predicted octanol–water partition coefficient (Wildman–Crippen LogP) is 3.09. The summed E-state index contributed by atoms with van der Waals surface area (Å²) in [7, 11) is 0.